The maximum Gasteiger partial charge on any atom is 0.319 e. The minimum absolute atomic E-state index is 0.165. The van der Waals surface area contributed by atoms with Crippen molar-refractivity contribution in [2.24, 2.45) is 0 Å². The number of carbonyl (C=O) groups is 1. The van der Waals surface area contributed by atoms with E-state index in [-0.39, 0.29) is 6.03 Å². The maximum absolute atomic E-state index is 11.8. The van der Waals surface area contributed by atoms with Gasteiger partial charge in [-0.25, -0.2) is 4.79 Å². The molecule has 0 saturated heterocycles. The number of aryl methyl sites for hydroxylation is 1. The van der Waals surface area contributed by atoms with E-state index in [2.05, 4.69) is 50.8 Å². The van der Waals surface area contributed by atoms with E-state index in [0.29, 0.717) is 6.54 Å². The number of unbranched alkanes of at least 4 members (excludes halogenated alkanes) is 1. The van der Waals surface area contributed by atoms with Crippen LogP contribution in [-0.2, 0) is 6.42 Å². The van der Waals surface area contributed by atoms with Gasteiger partial charge in [0.1, 0.15) is 0 Å². The van der Waals surface area contributed by atoms with E-state index in [1.165, 1.54) is 5.56 Å². The Balaban J connectivity index is 1.63. The molecule has 110 valence electrons. The highest BCUT2D eigenvalue weighted by atomic mass is 79.9. The first-order valence-electron chi connectivity index (χ1n) is 7.09. The summed E-state index contributed by atoms with van der Waals surface area (Å²) in [6.45, 7) is 0.684. The van der Waals surface area contributed by atoms with E-state index in [4.69, 9.17) is 0 Å². The first-order valence-corrected chi connectivity index (χ1v) is 7.88. The molecule has 0 heterocycles. The average Bonchev–Trinajstić information content (AvgIpc) is 2.50. The van der Waals surface area contributed by atoms with Gasteiger partial charge in [-0.15, -0.1) is 0 Å². The number of urea groups is 1. The van der Waals surface area contributed by atoms with Crippen LogP contribution in [0.3, 0.4) is 0 Å². The molecule has 3 nitrogen and oxygen atoms in total. The van der Waals surface area contributed by atoms with Crippen LogP contribution >= 0.6 is 15.9 Å². The predicted molar refractivity (Wildman–Crippen MR) is 90.5 cm³/mol. The largest absolute Gasteiger partial charge is 0.338 e. The molecule has 21 heavy (non-hydrogen) atoms. The van der Waals surface area contributed by atoms with Crippen molar-refractivity contribution in [3.63, 3.8) is 0 Å². The molecule has 0 unspecified atom stereocenters. The fourth-order valence-corrected chi connectivity index (χ4v) is 2.41. The monoisotopic (exact) mass is 346 g/mol. The van der Waals surface area contributed by atoms with E-state index in [0.717, 1.165) is 29.4 Å². The minimum Gasteiger partial charge on any atom is -0.338 e. The number of hydrogen-bond donors (Lipinski definition) is 2. The van der Waals surface area contributed by atoms with Gasteiger partial charge >= 0.3 is 6.03 Å². The SMILES string of the molecule is O=C(NCCCCc1ccccc1)Nc1ccccc1Br. The van der Waals surface area contributed by atoms with E-state index < -0.39 is 0 Å². The zero-order valence-corrected chi connectivity index (χ0v) is 13.4. The van der Waals surface area contributed by atoms with Gasteiger partial charge in [-0.1, -0.05) is 42.5 Å². The standard InChI is InChI=1S/C17H19BrN2O/c18-15-11-4-5-12-16(15)20-17(21)19-13-7-6-10-14-8-2-1-3-9-14/h1-5,8-9,11-12H,6-7,10,13H2,(H2,19,20,21). The molecule has 0 fully saturated rings. The highest BCUT2D eigenvalue weighted by molar-refractivity contribution is 9.10. The Labute approximate surface area is 133 Å². The van der Waals surface area contributed by atoms with Crippen molar-refractivity contribution in [3.05, 3.63) is 64.6 Å². The fourth-order valence-electron chi connectivity index (χ4n) is 2.03. The van der Waals surface area contributed by atoms with Gasteiger partial charge in [0.15, 0.2) is 0 Å². The van der Waals surface area contributed by atoms with Gasteiger partial charge in [-0.2, -0.15) is 0 Å². The van der Waals surface area contributed by atoms with Crippen LogP contribution in [0.2, 0.25) is 0 Å². The number of para-hydroxylation sites is 1. The van der Waals surface area contributed by atoms with Crippen LogP contribution in [0.4, 0.5) is 10.5 Å². The van der Waals surface area contributed by atoms with Crippen molar-refractivity contribution in [2.45, 2.75) is 19.3 Å². The van der Waals surface area contributed by atoms with Gasteiger partial charge in [0.2, 0.25) is 0 Å². The van der Waals surface area contributed by atoms with Crippen molar-refractivity contribution in [1.82, 2.24) is 5.32 Å². The molecular weight excluding hydrogens is 328 g/mol. The van der Waals surface area contributed by atoms with Gasteiger partial charge in [-0.05, 0) is 52.9 Å². The summed E-state index contributed by atoms with van der Waals surface area (Å²) in [7, 11) is 0. The highest BCUT2D eigenvalue weighted by Crippen LogP contribution is 2.20. The van der Waals surface area contributed by atoms with Gasteiger partial charge in [0.05, 0.1) is 5.69 Å². The maximum atomic E-state index is 11.8. The molecular formula is C17H19BrN2O. The van der Waals surface area contributed by atoms with Crippen molar-refractivity contribution < 1.29 is 4.79 Å². The first kappa shape index (κ1) is 15.6. The number of halogens is 1. The molecule has 2 aromatic carbocycles. The van der Waals surface area contributed by atoms with Crippen molar-refractivity contribution in [3.8, 4) is 0 Å². The summed E-state index contributed by atoms with van der Waals surface area (Å²) in [5.74, 6) is 0. The Morgan fingerprint density at radius 3 is 2.43 bits per heavy atom. The van der Waals surface area contributed by atoms with Gasteiger partial charge in [0.25, 0.3) is 0 Å². The third-order valence-electron chi connectivity index (χ3n) is 3.14. The Hall–Kier alpha value is -1.81. The molecule has 2 amide bonds. The summed E-state index contributed by atoms with van der Waals surface area (Å²) in [5.41, 5.74) is 2.12. The van der Waals surface area contributed by atoms with E-state index in [1.54, 1.807) is 0 Å². The van der Waals surface area contributed by atoms with Crippen molar-refractivity contribution in [2.75, 3.05) is 11.9 Å². The number of anilines is 1. The Morgan fingerprint density at radius 2 is 1.67 bits per heavy atom. The Morgan fingerprint density at radius 1 is 0.952 bits per heavy atom. The normalized spacial score (nSPS) is 10.1. The first-order chi connectivity index (χ1) is 10.3. The van der Waals surface area contributed by atoms with Crippen LogP contribution in [-0.4, -0.2) is 12.6 Å². The molecule has 0 aliphatic carbocycles. The third kappa shape index (κ3) is 5.60. The fraction of sp³-hybridized carbons (Fsp3) is 0.235. The van der Waals surface area contributed by atoms with Gasteiger partial charge in [-0.3, -0.25) is 0 Å². The number of carbonyl (C=O) groups excluding carboxylic acids is 1. The molecule has 0 saturated carbocycles. The lowest BCUT2D eigenvalue weighted by Crippen LogP contribution is -2.29. The van der Waals surface area contributed by atoms with Crippen LogP contribution in [0, 0.1) is 0 Å². The van der Waals surface area contributed by atoms with Crippen molar-refractivity contribution in [1.29, 1.82) is 0 Å². The highest BCUT2D eigenvalue weighted by Gasteiger charge is 2.03. The van der Waals surface area contributed by atoms with Crippen LogP contribution < -0.4 is 10.6 Å². The number of benzene rings is 2. The summed E-state index contributed by atoms with van der Waals surface area (Å²) in [6.07, 6.45) is 3.09. The Kier molecular flexibility index (Phi) is 6.28. The quantitative estimate of drug-likeness (QED) is 0.737. The van der Waals surface area contributed by atoms with Crippen LogP contribution in [0.5, 0.6) is 0 Å². The summed E-state index contributed by atoms with van der Waals surface area (Å²) in [4.78, 5) is 11.8. The molecule has 2 rings (SSSR count). The molecule has 4 heteroatoms. The topological polar surface area (TPSA) is 41.1 Å². The summed E-state index contributed by atoms with van der Waals surface area (Å²) >= 11 is 3.40. The number of rotatable bonds is 6. The molecule has 0 radical (unpaired) electrons. The molecule has 2 N–H and O–H groups in total. The van der Waals surface area contributed by atoms with Crippen molar-refractivity contribution >= 4 is 27.6 Å². The molecule has 0 spiro atoms. The molecule has 0 bridgehead atoms. The lowest BCUT2D eigenvalue weighted by Gasteiger charge is -2.09. The molecule has 0 aliphatic rings. The van der Waals surface area contributed by atoms with E-state index >= 15 is 0 Å². The summed E-state index contributed by atoms with van der Waals surface area (Å²) in [5, 5.41) is 5.70. The molecule has 0 atom stereocenters. The second-order valence-corrected chi connectivity index (χ2v) is 5.66. The molecule has 2 aromatic rings. The van der Waals surface area contributed by atoms with Crippen LogP contribution in [0.1, 0.15) is 18.4 Å². The third-order valence-corrected chi connectivity index (χ3v) is 3.83. The second-order valence-electron chi connectivity index (χ2n) is 4.80. The number of amides is 2. The van der Waals surface area contributed by atoms with Crippen LogP contribution in [0.15, 0.2) is 59.1 Å². The second kappa shape index (κ2) is 8.47. The zero-order chi connectivity index (χ0) is 14.9. The number of nitrogens with one attached hydrogen (secondary N) is 2. The minimum atomic E-state index is -0.165. The van der Waals surface area contributed by atoms with E-state index in [9.17, 15) is 4.79 Å². The lowest BCUT2D eigenvalue weighted by molar-refractivity contribution is 0.252. The summed E-state index contributed by atoms with van der Waals surface area (Å²) < 4.78 is 0.879. The molecule has 0 aromatic heterocycles. The van der Waals surface area contributed by atoms with Crippen LogP contribution in [0.25, 0.3) is 0 Å². The zero-order valence-electron chi connectivity index (χ0n) is 11.8. The van der Waals surface area contributed by atoms with Gasteiger partial charge in [0, 0.05) is 11.0 Å². The number of hydrogen-bond acceptors (Lipinski definition) is 1. The predicted octanol–water partition coefficient (Wildman–Crippen LogP) is 4.59. The van der Waals surface area contributed by atoms with E-state index in [1.807, 2.05) is 30.3 Å². The smallest absolute Gasteiger partial charge is 0.319 e. The molecule has 0 aliphatic heterocycles. The summed E-state index contributed by atoms with van der Waals surface area (Å²) in [6, 6.07) is 17.8. The lowest BCUT2D eigenvalue weighted by atomic mass is 10.1. The Bertz CT molecular complexity index is 572. The van der Waals surface area contributed by atoms with Gasteiger partial charge < -0.3 is 10.6 Å². The average molecular weight is 347 g/mol.